The third-order valence-electron chi connectivity index (χ3n) is 4.88. The van der Waals surface area contributed by atoms with Crippen LogP contribution in [-0.4, -0.2) is 68.9 Å². The number of Topliss-reactive ketones (excluding diaryl/α,β-unsaturated/α-hetero) is 1. The fourth-order valence-corrected chi connectivity index (χ4v) is 2.29. The lowest BCUT2D eigenvalue weighted by Gasteiger charge is -2.41. The molecule has 0 N–H and O–H groups in total. The van der Waals surface area contributed by atoms with Crippen molar-refractivity contribution in [2.45, 2.75) is 60.0 Å². The molecule has 8 nitrogen and oxygen atoms in total. The lowest BCUT2D eigenvalue weighted by molar-refractivity contribution is -0.283. The van der Waals surface area contributed by atoms with Crippen LogP contribution in [0.3, 0.4) is 0 Å². The number of hydrogen-bond donors (Lipinski definition) is 0. The predicted molar refractivity (Wildman–Crippen MR) is 98.6 cm³/mol. The van der Waals surface area contributed by atoms with Crippen molar-refractivity contribution in [1.82, 2.24) is 5.06 Å². The van der Waals surface area contributed by atoms with Crippen molar-refractivity contribution in [2.75, 3.05) is 40.6 Å². The molecule has 0 aromatic carbocycles. The average Bonchev–Trinajstić information content (AvgIpc) is 2.59. The van der Waals surface area contributed by atoms with E-state index in [9.17, 15) is 9.59 Å². The zero-order valence-corrected chi connectivity index (χ0v) is 18.1. The van der Waals surface area contributed by atoms with Gasteiger partial charge >= 0.3 is 0 Å². The summed E-state index contributed by atoms with van der Waals surface area (Å²) in [5.74, 6) is -1.15. The van der Waals surface area contributed by atoms with Crippen LogP contribution in [0.4, 0.5) is 0 Å². The van der Waals surface area contributed by atoms with Gasteiger partial charge in [-0.3, -0.25) is 14.4 Å². The van der Waals surface area contributed by atoms with Crippen molar-refractivity contribution < 1.29 is 33.4 Å². The highest BCUT2D eigenvalue weighted by atomic mass is 16.7. The van der Waals surface area contributed by atoms with Gasteiger partial charge in [0.15, 0.2) is 11.6 Å². The number of carbonyl (C=O) groups is 2. The Labute approximate surface area is 162 Å². The third-order valence-corrected chi connectivity index (χ3v) is 4.88. The van der Waals surface area contributed by atoms with E-state index in [1.54, 1.807) is 20.9 Å². The fraction of sp³-hybridized carbons (Fsp3) is 0.895. The standard InChI is InChI=1S/C10H19NO4.C9H16O3/c1-9(2)14-6-10(3,7-15-9)8(12)11(4)13-5;1-7(10)9(4)5-11-8(2,3)12-6-9/h6-7H2,1-5H3;5-6H2,1-4H3. The van der Waals surface area contributed by atoms with Crippen molar-refractivity contribution in [1.29, 1.82) is 0 Å². The van der Waals surface area contributed by atoms with Gasteiger partial charge in [-0.25, -0.2) is 5.06 Å². The second kappa shape index (κ2) is 8.53. The van der Waals surface area contributed by atoms with Crippen molar-refractivity contribution in [3.05, 3.63) is 0 Å². The molecule has 1 amide bonds. The van der Waals surface area contributed by atoms with Crippen LogP contribution < -0.4 is 0 Å². The molecule has 0 radical (unpaired) electrons. The van der Waals surface area contributed by atoms with Gasteiger partial charge in [-0.15, -0.1) is 0 Å². The molecular weight excluding hydrogens is 354 g/mol. The summed E-state index contributed by atoms with van der Waals surface area (Å²) in [6, 6.07) is 0. The number of hydrogen-bond acceptors (Lipinski definition) is 7. The molecule has 8 heteroatoms. The quantitative estimate of drug-likeness (QED) is 0.684. The van der Waals surface area contributed by atoms with Crippen molar-refractivity contribution in [3.8, 4) is 0 Å². The smallest absolute Gasteiger partial charge is 0.256 e. The molecule has 0 saturated carbocycles. The first-order valence-corrected chi connectivity index (χ1v) is 9.06. The molecule has 2 fully saturated rings. The molecule has 2 aliphatic rings. The van der Waals surface area contributed by atoms with Crippen molar-refractivity contribution in [3.63, 3.8) is 0 Å². The fourth-order valence-electron chi connectivity index (χ4n) is 2.29. The molecule has 158 valence electrons. The van der Waals surface area contributed by atoms with Crippen molar-refractivity contribution >= 4 is 11.7 Å². The summed E-state index contributed by atoms with van der Waals surface area (Å²) in [5.41, 5.74) is -1.12. The second-order valence-electron chi connectivity index (χ2n) is 8.62. The second-order valence-corrected chi connectivity index (χ2v) is 8.62. The summed E-state index contributed by atoms with van der Waals surface area (Å²) in [7, 11) is 3.03. The van der Waals surface area contributed by atoms with E-state index in [0.29, 0.717) is 26.4 Å². The highest BCUT2D eigenvalue weighted by molar-refractivity contribution is 5.82. The Kier molecular flexibility index (Phi) is 7.57. The van der Waals surface area contributed by atoms with Crippen LogP contribution in [0.15, 0.2) is 0 Å². The molecule has 2 saturated heterocycles. The zero-order valence-electron chi connectivity index (χ0n) is 18.1. The lowest BCUT2D eigenvalue weighted by atomic mass is 9.87. The van der Waals surface area contributed by atoms with E-state index in [4.69, 9.17) is 23.8 Å². The molecule has 0 aromatic heterocycles. The molecule has 2 rings (SSSR count). The number of ketones is 1. The maximum Gasteiger partial charge on any atom is 0.256 e. The molecule has 0 bridgehead atoms. The van der Waals surface area contributed by atoms with E-state index in [1.807, 2.05) is 34.6 Å². The molecule has 2 aliphatic heterocycles. The highest BCUT2D eigenvalue weighted by Gasteiger charge is 2.43. The van der Waals surface area contributed by atoms with Gasteiger partial charge < -0.3 is 18.9 Å². The van der Waals surface area contributed by atoms with Crippen LogP contribution in [0.5, 0.6) is 0 Å². The predicted octanol–water partition coefficient (Wildman–Crippen LogP) is 2.16. The maximum absolute atomic E-state index is 11.9. The van der Waals surface area contributed by atoms with E-state index < -0.39 is 22.4 Å². The van der Waals surface area contributed by atoms with Gasteiger partial charge in [0, 0.05) is 7.05 Å². The minimum Gasteiger partial charge on any atom is -0.349 e. The SMILES string of the molecule is CC(=O)C1(C)COC(C)(C)OC1.CON(C)C(=O)C1(C)COC(C)(C)OC1. The summed E-state index contributed by atoms with van der Waals surface area (Å²) in [6.45, 7) is 14.2. The number of ether oxygens (including phenoxy) is 4. The largest absolute Gasteiger partial charge is 0.349 e. The number of hydroxylamine groups is 2. The van der Waals surface area contributed by atoms with Crippen LogP contribution in [0.2, 0.25) is 0 Å². The van der Waals surface area contributed by atoms with Gasteiger partial charge in [-0.05, 0) is 48.5 Å². The summed E-state index contributed by atoms with van der Waals surface area (Å²) in [6.07, 6.45) is 0. The van der Waals surface area contributed by atoms with Crippen LogP contribution in [-0.2, 0) is 33.4 Å². The average molecular weight is 389 g/mol. The molecule has 0 atom stereocenters. The number of nitrogens with zero attached hydrogens (tertiary/aromatic N) is 1. The van der Waals surface area contributed by atoms with Crippen LogP contribution in [0, 0.1) is 10.8 Å². The molecule has 0 spiro atoms. The monoisotopic (exact) mass is 389 g/mol. The van der Waals surface area contributed by atoms with Gasteiger partial charge in [-0.1, -0.05) is 0 Å². The Morgan fingerprint density at radius 2 is 1.11 bits per heavy atom. The minimum atomic E-state index is -0.666. The third kappa shape index (κ3) is 6.50. The van der Waals surface area contributed by atoms with Crippen molar-refractivity contribution in [2.24, 2.45) is 10.8 Å². The Morgan fingerprint density at radius 3 is 1.41 bits per heavy atom. The Bertz CT molecular complexity index is 524. The van der Waals surface area contributed by atoms with Crippen LogP contribution >= 0.6 is 0 Å². The maximum atomic E-state index is 11.9. The Morgan fingerprint density at radius 1 is 0.778 bits per heavy atom. The Hall–Kier alpha value is -1.06. The number of amides is 1. The van der Waals surface area contributed by atoms with Gasteiger partial charge in [0.1, 0.15) is 5.78 Å². The highest BCUT2D eigenvalue weighted by Crippen LogP contribution is 2.31. The van der Waals surface area contributed by atoms with Gasteiger partial charge in [-0.2, -0.15) is 0 Å². The summed E-state index contributed by atoms with van der Waals surface area (Å²) in [4.78, 5) is 27.9. The topological polar surface area (TPSA) is 83.5 Å². The molecule has 2 heterocycles. The summed E-state index contributed by atoms with van der Waals surface area (Å²) < 4.78 is 21.7. The van der Waals surface area contributed by atoms with Gasteiger partial charge in [0.2, 0.25) is 0 Å². The first-order valence-electron chi connectivity index (χ1n) is 9.06. The first kappa shape index (κ1) is 24.0. The van der Waals surface area contributed by atoms with E-state index in [-0.39, 0.29) is 11.7 Å². The van der Waals surface area contributed by atoms with E-state index in [1.165, 1.54) is 12.2 Å². The van der Waals surface area contributed by atoms with E-state index in [0.717, 1.165) is 0 Å². The number of rotatable bonds is 3. The minimum absolute atomic E-state index is 0.123. The van der Waals surface area contributed by atoms with Gasteiger partial charge in [0.25, 0.3) is 5.91 Å². The summed E-state index contributed by atoms with van der Waals surface area (Å²) in [5, 5.41) is 1.20. The van der Waals surface area contributed by atoms with Crippen LogP contribution in [0.25, 0.3) is 0 Å². The van der Waals surface area contributed by atoms with Crippen LogP contribution in [0.1, 0.15) is 48.5 Å². The lowest BCUT2D eigenvalue weighted by Crippen LogP contribution is -2.52. The zero-order chi connectivity index (χ0) is 21.1. The molecular formula is C19H35NO7. The first-order chi connectivity index (χ1) is 12.2. The molecule has 0 aromatic rings. The molecule has 0 unspecified atom stereocenters. The molecule has 27 heavy (non-hydrogen) atoms. The summed E-state index contributed by atoms with van der Waals surface area (Å²) >= 11 is 0. The molecule has 0 aliphatic carbocycles. The van der Waals surface area contributed by atoms with E-state index >= 15 is 0 Å². The number of carbonyl (C=O) groups excluding carboxylic acids is 2. The normalized spacial score (nSPS) is 24.9. The van der Waals surface area contributed by atoms with E-state index in [2.05, 4.69) is 0 Å². The Balaban J connectivity index is 0.000000277. The van der Waals surface area contributed by atoms with Gasteiger partial charge in [0.05, 0.1) is 44.4 Å².